The fourth-order valence-corrected chi connectivity index (χ4v) is 3.15. The Morgan fingerprint density at radius 3 is 2.77 bits per heavy atom. The van der Waals surface area contributed by atoms with Gasteiger partial charge in [0, 0.05) is 31.5 Å². The van der Waals surface area contributed by atoms with Crippen LogP contribution >= 0.6 is 0 Å². The molecule has 3 atom stereocenters. The Hall–Kier alpha value is -3.40. The zero-order valence-electron chi connectivity index (χ0n) is 16.6. The molecule has 0 bridgehead atoms. The van der Waals surface area contributed by atoms with Crippen molar-refractivity contribution < 1.29 is 28.5 Å². The van der Waals surface area contributed by atoms with Gasteiger partial charge in [0.05, 0.1) is 13.2 Å². The average Bonchev–Trinajstić information content (AvgIpc) is 3.09. The molecule has 10 heteroatoms. The van der Waals surface area contributed by atoms with Crippen LogP contribution in [0.4, 0.5) is 10.6 Å². The van der Waals surface area contributed by atoms with Crippen LogP contribution in [0.1, 0.15) is 24.5 Å². The van der Waals surface area contributed by atoms with E-state index < -0.39 is 36.3 Å². The van der Waals surface area contributed by atoms with Crippen molar-refractivity contribution in [1.82, 2.24) is 9.97 Å². The first-order chi connectivity index (χ1) is 14.4. The van der Waals surface area contributed by atoms with Gasteiger partial charge in [-0.1, -0.05) is 30.3 Å². The van der Waals surface area contributed by atoms with Crippen molar-refractivity contribution in [3.8, 4) is 0 Å². The lowest BCUT2D eigenvalue weighted by Gasteiger charge is -2.22. The van der Waals surface area contributed by atoms with Gasteiger partial charge in [0.2, 0.25) is 0 Å². The molecular weight excluding hydrogens is 394 g/mol. The van der Waals surface area contributed by atoms with Crippen LogP contribution in [0, 0.1) is 0 Å². The third-order valence-corrected chi connectivity index (χ3v) is 4.46. The summed E-state index contributed by atoms with van der Waals surface area (Å²) in [5, 5.41) is 3.09. The Morgan fingerprint density at radius 1 is 1.30 bits per heavy atom. The van der Waals surface area contributed by atoms with E-state index in [0.717, 1.165) is 11.1 Å². The van der Waals surface area contributed by atoms with Gasteiger partial charge in [-0.25, -0.2) is 14.6 Å². The predicted octanol–water partition coefficient (Wildman–Crippen LogP) is 1.60. The molecule has 160 valence electrons. The molecule has 1 aromatic carbocycles. The summed E-state index contributed by atoms with van der Waals surface area (Å²) in [5.74, 6) is -0.0618. The average molecular weight is 417 g/mol. The number of aromatic nitrogens is 2. The lowest BCUT2D eigenvalue weighted by atomic mass is 10.1. The molecule has 0 radical (unpaired) electrons. The number of H-pyrrole nitrogens is 1. The number of carbonyl (C=O) groups excluding carboxylic acids is 2. The molecule has 1 saturated heterocycles. The first-order valence-corrected chi connectivity index (χ1v) is 9.36. The van der Waals surface area contributed by atoms with E-state index in [-0.39, 0.29) is 6.61 Å². The predicted molar refractivity (Wildman–Crippen MR) is 105 cm³/mol. The number of carbonyl (C=O) groups is 2. The largest absolute Gasteiger partial charge is 0.508 e. The van der Waals surface area contributed by atoms with Gasteiger partial charge in [-0.3, -0.25) is 9.78 Å². The van der Waals surface area contributed by atoms with Crippen molar-refractivity contribution in [3.63, 3.8) is 0 Å². The summed E-state index contributed by atoms with van der Waals surface area (Å²) in [7, 11) is 1.21. The summed E-state index contributed by atoms with van der Waals surface area (Å²) in [6.07, 6.45) is -0.436. The SMILES string of the molecule is COC(=O)OC[C@@H]1C[C@@H](OC(C)=O)[C@H](Nc2[nH]c(=O)ncc2Cc2ccccc2)O1. The Labute approximate surface area is 172 Å². The first-order valence-electron chi connectivity index (χ1n) is 9.36. The fourth-order valence-electron chi connectivity index (χ4n) is 3.15. The van der Waals surface area contributed by atoms with Gasteiger partial charge in [-0.2, -0.15) is 0 Å². The van der Waals surface area contributed by atoms with E-state index in [2.05, 4.69) is 20.0 Å². The number of esters is 1. The van der Waals surface area contributed by atoms with Crippen molar-refractivity contribution in [2.75, 3.05) is 19.0 Å². The molecule has 2 aromatic rings. The third-order valence-electron chi connectivity index (χ3n) is 4.46. The van der Waals surface area contributed by atoms with Crippen molar-refractivity contribution >= 4 is 17.9 Å². The maximum absolute atomic E-state index is 11.8. The first kappa shape index (κ1) is 21.3. The highest BCUT2D eigenvalue weighted by molar-refractivity contribution is 5.66. The highest BCUT2D eigenvalue weighted by Gasteiger charge is 2.38. The topological polar surface area (TPSA) is 129 Å². The molecule has 10 nitrogen and oxygen atoms in total. The van der Waals surface area contributed by atoms with Crippen LogP contribution in [0.2, 0.25) is 0 Å². The van der Waals surface area contributed by atoms with Gasteiger partial charge in [0.1, 0.15) is 18.5 Å². The number of methoxy groups -OCH3 is 1. The van der Waals surface area contributed by atoms with Crippen LogP contribution in [-0.2, 0) is 30.2 Å². The lowest BCUT2D eigenvalue weighted by molar-refractivity contribution is -0.148. The van der Waals surface area contributed by atoms with Gasteiger partial charge < -0.3 is 24.3 Å². The van der Waals surface area contributed by atoms with Gasteiger partial charge >= 0.3 is 17.8 Å². The quantitative estimate of drug-likeness (QED) is 0.645. The molecule has 0 amide bonds. The molecule has 2 N–H and O–H groups in total. The minimum absolute atomic E-state index is 0.0631. The van der Waals surface area contributed by atoms with Gasteiger partial charge in [-0.15, -0.1) is 0 Å². The monoisotopic (exact) mass is 417 g/mol. The van der Waals surface area contributed by atoms with Crippen molar-refractivity contribution in [3.05, 3.63) is 58.1 Å². The molecule has 1 aromatic heterocycles. The molecule has 0 saturated carbocycles. The van der Waals surface area contributed by atoms with Crippen molar-refractivity contribution in [1.29, 1.82) is 0 Å². The summed E-state index contributed by atoms with van der Waals surface area (Å²) in [6, 6.07) is 9.68. The number of ether oxygens (including phenoxy) is 4. The van der Waals surface area contributed by atoms with E-state index in [0.29, 0.717) is 18.7 Å². The summed E-state index contributed by atoms with van der Waals surface area (Å²) >= 11 is 0. The molecule has 2 heterocycles. The minimum atomic E-state index is -0.831. The van der Waals surface area contributed by atoms with E-state index in [4.69, 9.17) is 14.2 Å². The van der Waals surface area contributed by atoms with Gasteiger partial charge in [-0.05, 0) is 5.56 Å². The number of hydrogen-bond acceptors (Lipinski definition) is 9. The molecule has 0 aliphatic carbocycles. The zero-order valence-corrected chi connectivity index (χ0v) is 16.6. The van der Waals surface area contributed by atoms with E-state index in [1.54, 1.807) is 0 Å². The molecule has 1 aliphatic rings. The Balaban J connectivity index is 1.76. The summed E-state index contributed by atoms with van der Waals surface area (Å²) in [6.45, 7) is 1.23. The highest BCUT2D eigenvalue weighted by Crippen LogP contribution is 2.26. The Bertz CT molecular complexity index is 931. The summed E-state index contributed by atoms with van der Waals surface area (Å²) in [4.78, 5) is 41.0. The highest BCUT2D eigenvalue weighted by atomic mass is 16.7. The molecule has 1 aliphatic heterocycles. The lowest BCUT2D eigenvalue weighted by Crippen LogP contribution is -2.34. The van der Waals surface area contributed by atoms with E-state index in [9.17, 15) is 14.4 Å². The number of nitrogens with zero attached hydrogens (tertiary/aromatic N) is 1. The standard InChI is InChI=1S/C20H23N3O7/c1-12(24)29-16-9-15(11-28-20(26)27-2)30-18(16)22-17-14(10-21-19(25)23-17)8-13-6-4-3-5-7-13/h3-7,10,15-16,18H,8-9,11H2,1-2H3,(H2,21,22,23,25)/t15-,16+,18+/m0/s1. The van der Waals surface area contributed by atoms with Crippen molar-refractivity contribution in [2.45, 2.75) is 38.2 Å². The molecule has 3 rings (SSSR count). The molecule has 1 fully saturated rings. The number of benzene rings is 1. The van der Waals surface area contributed by atoms with Crippen LogP contribution in [0.25, 0.3) is 0 Å². The minimum Gasteiger partial charge on any atom is -0.458 e. The number of rotatable bonds is 7. The Morgan fingerprint density at radius 2 is 2.07 bits per heavy atom. The van der Waals surface area contributed by atoms with Crippen LogP contribution in [0.5, 0.6) is 0 Å². The smallest absolute Gasteiger partial charge is 0.458 e. The summed E-state index contributed by atoms with van der Waals surface area (Å²) in [5.41, 5.74) is 1.24. The number of hydrogen-bond donors (Lipinski definition) is 2. The van der Waals surface area contributed by atoms with Crippen LogP contribution in [-0.4, -0.2) is 54.2 Å². The van der Waals surface area contributed by atoms with Crippen LogP contribution < -0.4 is 11.0 Å². The van der Waals surface area contributed by atoms with Crippen molar-refractivity contribution in [2.24, 2.45) is 0 Å². The second-order valence-corrected chi connectivity index (χ2v) is 6.72. The molecule has 0 spiro atoms. The summed E-state index contributed by atoms with van der Waals surface area (Å²) < 4.78 is 20.6. The Kier molecular flexibility index (Phi) is 7.02. The van der Waals surface area contributed by atoms with E-state index in [1.165, 1.54) is 20.2 Å². The van der Waals surface area contributed by atoms with Crippen LogP contribution in [0.15, 0.2) is 41.3 Å². The normalized spacial score (nSPS) is 20.4. The maximum atomic E-state index is 11.8. The molecular formula is C20H23N3O7. The second kappa shape index (κ2) is 9.88. The molecule has 0 unspecified atom stereocenters. The van der Waals surface area contributed by atoms with Gasteiger partial charge in [0.25, 0.3) is 0 Å². The maximum Gasteiger partial charge on any atom is 0.508 e. The second-order valence-electron chi connectivity index (χ2n) is 6.72. The van der Waals surface area contributed by atoms with E-state index >= 15 is 0 Å². The van der Waals surface area contributed by atoms with Crippen LogP contribution in [0.3, 0.4) is 0 Å². The van der Waals surface area contributed by atoms with Gasteiger partial charge in [0.15, 0.2) is 6.23 Å². The zero-order chi connectivity index (χ0) is 21.5. The number of nitrogens with one attached hydrogen (secondary N) is 2. The number of aromatic amines is 1. The molecule has 30 heavy (non-hydrogen) atoms. The van der Waals surface area contributed by atoms with E-state index in [1.807, 2.05) is 30.3 Å². The third kappa shape index (κ3) is 5.80. The fraction of sp³-hybridized carbons (Fsp3) is 0.400. The number of anilines is 1.